The first kappa shape index (κ1) is 40.5. The number of aliphatic hydroxyl groups excluding tert-OH is 1. The van der Waals surface area contributed by atoms with Crippen LogP contribution in [0.4, 0.5) is 19.3 Å². The van der Waals surface area contributed by atoms with Gasteiger partial charge in [-0.05, 0) is 30.5 Å². The Hall–Kier alpha value is -4.23. The summed E-state index contributed by atoms with van der Waals surface area (Å²) in [4.78, 5) is 100. The van der Waals surface area contributed by atoms with E-state index in [9.17, 15) is 29.1 Å². The first-order chi connectivity index (χ1) is 24.8. The van der Waals surface area contributed by atoms with Gasteiger partial charge in [0.25, 0.3) is 5.91 Å². The maximum absolute atomic E-state index is 15.3. The van der Waals surface area contributed by atoms with E-state index in [1.807, 2.05) is 5.32 Å². The SMILES string of the molecule is O=C(CCC(=O)OCCCC(=O)OC(CO)C(=O)N1CC=C(c2c(F)cc(N3CC(Cn4ccnn4)OC3=O)cc2F)CC1)NC(P(O)O)P(O)O. The molecule has 3 heterocycles. The van der Waals surface area contributed by atoms with Gasteiger partial charge in [-0.25, -0.2) is 18.3 Å². The monoisotopic (exact) mass is 776 g/mol. The number of benzene rings is 1. The number of nitrogens with one attached hydrogen (secondary N) is 1. The van der Waals surface area contributed by atoms with E-state index in [0.29, 0.717) is 0 Å². The number of halogens is 2. The topological polar surface area (TPSA) is 263 Å². The number of hydrogen-bond acceptors (Lipinski definition) is 15. The zero-order chi connectivity index (χ0) is 37.9. The number of esters is 2. The van der Waals surface area contributed by atoms with Crippen molar-refractivity contribution < 1.29 is 71.6 Å². The number of hydrogen-bond donors (Lipinski definition) is 6. The van der Waals surface area contributed by atoms with Crippen LogP contribution in [0.1, 0.15) is 37.7 Å². The molecule has 2 atom stereocenters. The van der Waals surface area contributed by atoms with Gasteiger partial charge in [-0.15, -0.1) is 5.10 Å². The van der Waals surface area contributed by atoms with Crippen molar-refractivity contribution >= 4 is 57.9 Å². The van der Waals surface area contributed by atoms with Crippen LogP contribution in [0.25, 0.3) is 5.57 Å². The Morgan fingerprint density at radius 2 is 1.77 bits per heavy atom. The largest absolute Gasteiger partial charge is 0.466 e. The summed E-state index contributed by atoms with van der Waals surface area (Å²) in [6, 6.07) is 2.04. The summed E-state index contributed by atoms with van der Waals surface area (Å²) in [5, 5.41) is 19.2. The molecule has 2 aliphatic rings. The van der Waals surface area contributed by atoms with Crippen LogP contribution in [0, 0.1) is 11.6 Å². The first-order valence-electron chi connectivity index (χ1n) is 15.7. The molecule has 1 aromatic carbocycles. The molecule has 23 heteroatoms. The number of anilines is 1. The normalized spacial score (nSPS) is 16.6. The van der Waals surface area contributed by atoms with Crippen LogP contribution in [0.15, 0.2) is 30.6 Å². The van der Waals surface area contributed by atoms with Crippen molar-refractivity contribution in [2.24, 2.45) is 0 Å². The molecule has 19 nitrogen and oxygen atoms in total. The van der Waals surface area contributed by atoms with Crippen molar-refractivity contribution in [1.29, 1.82) is 0 Å². The number of aromatic nitrogens is 3. The molecule has 52 heavy (non-hydrogen) atoms. The lowest BCUT2D eigenvalue weighted by molar-refractivity contribution is -0.163. The number of amides is 3. The van der Waals surface area contributed by atoms with Gasteiger partial charge in [-0.3, -0.25) is 24.1 Å². The van der Waals surface area contributed by atoms with E-state index >= 15 is 8.78 Å². The summed E-state index contributed by atoms with van der Waals surface area (Å²) in [5.41, 5.74) is -1.75. The van der Waals surface area contributed by atoms with Gasteiger partial charge in [0.15, 0.2) is 22.3 Å². The second kappa shape index (κ2) is 19.0. The Bertz CT molecular complexity index is 1600. The molecule has 6 N–H and O–H groups in total. The van der Waals surface area contributed by atoms with E-state index in [2.05, 4.69) is 10.3 Å². The highest BCUT2D eigenvalue weighted by atomic mass is 31.2. The number of nitrogens with zero attached hydrogens (tertiary/aromatic N) is 5. The Labute approximate surface area is 296 Å². The molecule has 2 unspecified atom stereocenters. The molecule has 1 aromatic heterocycles. The fraction of sp³-hybridized carbons (Fsp3) is 0.483. The van der Waals surface area contributed by atoms with Crippen LogP contribution in [-0.4, -0.2) is 125 Å². The fourth-order valence-electron chi connectivity index (χ4n) is 5.19. The lowest BCUT2D eigenvalue weighted by Crippen LogP contribution is -2.45. The molecule has 4 rings (SSSR count). The number of carbonyl (C=O) groups excluding carboxylic acids is 5. The minimum atomic E-state index is -2.86. The van der Waals surface area contributed by atoms with Crippen molar-refractivity contribution in [3.05, 3.63) is 47.8 Å². The van der Waals surface area contributed by atoms with Crippen molar-refractivity contribution in [3.8, 4) is 0 Å². The number of rotatable bonds is 17. The van der Waals surface area contributed by atoms with Crippen LogP contribution in [0.3, 0.4) is 0 Å². The predicted molar refractivity (Wildman–Crippen MR) is 174 cm³/mol. The standard InChI is InChI=1S/C29H36F2N6O13P2/c30-20-12-18(37-15-19(49-29(37)43)14-36-10-7-32-34-36)13-21(31)26(20)17-5-8-35(9-6-17)27(42)22(16-38)50-25(41)2-1-11-48-24(40)4-3-23(39)33-28(51(44)45)52(46)47/h5,7,10,12-13,19,22,28,38,44-47H,1-4,6,8-9,11,14-16H2,(H,33,39). The van der Waals surface area contributed by atoms with Crippen molar-refractivity contribution in [2.45, 2.75) is 56.4 Å². The minimum Gasteiger partial charge on any atom is -0.466 e. The predicted octanol–water partition coefficient (Wildman–Crippen LogP) is 0.198. The van der Waals surface area contributed by atoms with Crippen LogP contribution >= 0.6 is 16.8 Å². The maximum atomic E-state index is 15.3. The van der Waals surface area contributed by atoms with E-state index in [0.717, 1.165) is 17.0 Å². The zero-order valence-electron chi connectivity index (χ0n) is 27.3. The summed E-state index contributed by atoms with van der Waals surface area (Å²) < 4.78 is 47.3. The van der Waals surface area contributed by atoms with E-state index < -0.39 is 95.4 Å². The van der Waals surface area contributed by atoms with Gasteiger partial charge in [0.05, 0.1) is 44.6 Å². The Morgan fingerprint density at radius 3 is 2.37 bits per heavy atom. The second-order valence-electron chi connectivity index (χ2n) is 11.4. The van der Waals surface area contributed by atoms with Crippen LogP contribution in [-0.2, 0) is 39.9 Å². The average molecular weight is 777 g/mol. The summed E-state index contributed by atoms with van der Waals surface area (Å²) >= 11 is 0. The number of ether oxygens (including phenoxy) is 3. The molecule has 2 aromatic rings. The van der Waals surface area contributed by atoms with Crippen LogP contribution in [0.5, 0.6) is 0 Å². The minimum absolute atomic E-state index is 0.0145. The van der Waals surface area contributed by atoms with Crippen LogP contribution in [0.2, 0.25) is 0 Å². The Balaban J connectivity index is 1.21. The van der Waals surface area contributed by atoms with Crippen molar-refractivity contribution in [2.75, 3.05) is 37.7 Å². The summed E-state index contributed by atoms with van der Waals surface area (Å²) in [5.74, 6) is -5.16. The molecular weight excluding hydrogens is 740 g/mol. The van der Waals surface area contributed by atoms with Gasteiger partial charge < -0.3 is 49.1 Å². The molecule has 1 fully saturated rings. The zero-order valence-corrected chi connectivity index (χ0v) is 29.1. The maximum Gasteiger partial charge on any atom is 0.414 e. The van der Waals surface area contributed by atoms with E-state index in [1.54, 1.807) is 6.20 Å². The highest BCUT2D eigenvalue weighted by Crippen LogP contribution is 2.47. The molecule has 3 amide bonds. The molecule has 0 aliphatic carbocycles. The summed E-state index contributed by atoms with van der Waals surface area (Å²) in [7, 11) is -5.73. The van der Waals surface area contributed by atoms with Crippen molar-refractivity contribution in [3.63, 3.8) is 0 Å². The highest BCUT2D eigenvalue weighted by Gasteiger charge is 2.35. The fourth-order valence-corrected chi connectivity index (χ4v) is 6.44. The summed E-state index contributed by atoms with van der Waals surface area (Å²) in [6.45, 7) is -0.987. The Morgan fingerprint density at radius 1 is 1.06 bits per heavy atom. The molecule has 0 spiro atoms. The lowest BCUT2D eigenvalue weighted by Gasteiger charge is -2.29. The third kappa shape index (κ3) is 11.1. The van der Waals surface area contributed by atoms with Crippen molar-refractivity contribution in [1.82, 2.24) is 25.2 Å². The van der Waals surface area contributed by atoms with Gasteiger partial charge in [-0.1, -0.05) is 11.3 Å². The number of cyclic esters (lactones) is 1. The second-order valence-corrected chi connectivity index (χ2v) is 14.1. The van der Waals surface area contributed by atoms with Gasteiger partial charge in [0.1, 0.15) is 17.7 Å². The van der Waals surface area contributed by atoms with Gasteiger partial charge in [0, 0.05) is 37.7 Å². The van der Waals surface area contributed by atoms with Gasteiger partial charge in [0.2, 0.25) is 12.0 Å². The smallest absolute Gasteiger partial charge is 0.414 e. The Kier molecular flexibility index (Phi) is 14.8. The molecule has 2 aliphatic heterocycles. The highest BCUT2D eigenvalue weighted by molar-refractivity contribution is 7.64. The number of aliphatic hydroxyl groups is 1. The molecule has 1 saturated heterocycles. The molecule has 0 saturated carbocycles. The molecule has 0 bridgehead atoms. The third-order valence-electron chi connectivity index (χ3n) is 7.70. The molecule has 0 radical (unpaired) electrons. The third-order valence-corrected chi connectivity index (χ3v) is 10.1. The van der Waals surface area contributed by atoms with Gasteiger partial charge in [-0.2, -0.15) is 0 Å². The van der Waals surface area contributed by atoms with Gasteiger partial charge >= 0.3 is 18.0 Å². The summed E-state index contributed by atoms with van der Waals surface area (Å²) in [6.07, 6.45) is 0.339. The van der Waals surface area contributed by atoms with E-state index in [1.165, 1.54) is 21.9 Å². The lowest BCUT2D eigenvalue weighted by atomic mass is 9.97. The molecule has 284 valence electrons. The van der Waals surface area contributed by atoms with Crippen LogP contribution < -0.4 is 10.2 Å². The van der Waals surface area contributed by atoms with E-state index in [-0.39, 0.29) is 68.9 Å². The number of carbonyl (C=O) groups is 5. The average Bonchev–Trinajstić information content (AvgIpc) is 3.75. The van der Waals surface area contributed by atoms with E-state index in [4.69, 9.17) is 33.8 Å². The first-order valence-corrected chi connectivity index (χ1v) is 18.3. The quantitative estimate of drug-likeness (QED) is 0.0543. The molecular formula is C29H36F2N6O13P2.